The second-order valence-corrected chi connectivity index (χ2v) is 11.7. The Morgan fingerprint density at radius 1 is 1.03 bits per heavy atom. The minimum absolute atomic E-state index is 0.0662. The van der Waals surface area contributed by atoms with Gasteiger partial charge in [0.25, 0.3) is 17.7 Å². The number of hydrogen-bond acceptors (Lipinski definition) is 6. The van der Waals surface area contributed by atoms with E-state index in [1.165, 1.54) is 16.9 Å². The highest BCUT2D eigenvalue weighted by Gasteiger charge is 2.25. The number of hydrogen-bond donors (Lipinski definition) is 3. The molecule has 4 N–H and O–H groups in total. The van der Waals surface area contributed by atoms with E-state index in [1.54, 1.807) is 37.4 Å². The zero-order valence-corrected chi connectivity index (χ0v) is 23.5. The molecule has 204 valence electrons. The molecule has 1 atom stereocenters. The van der Waals surface area contributed by atoms with Crippen LogP contribution in [-0.4, -0.2) is 30.0 Å². The SMILES string of the molecule is CC(Oc1ccc(C(=O)Nc2sc3c(c2C(N)=O)CCCC3)cc1)C(=O)NN=Cc1ccc(C(C)(C)C)cc1. The van der Waals surface area contributed by atoms with E-state index in [2.05, 4.69) is 36.6 Å². The first-order chi connectivity index (χ1) is 18.5. The average molecular weight is 547 g/mol. The lowest BCUT2D eigenvalue weighted by atomic mass is 9.87. The second kappa shape index (κ2) is 11.8. The number of anilines is 1. The standard InChI is InChI=1S/C30H34N4O4S/c1-18(27(36)34-32-17-19-9-13-21(14-10-19)30(2,3)4)38-22-15-11-20(12-16-22)28(37)33-29-25(26(31)35)23-7-5-6-8-24(23)39-29/h9-18H,5-8H2,1-4H3,(H2,31,35)(H,33,37)(H,34,36). The topological polar surface area (TPSA) is 123 Å². The van der Waals surface area contributed by atoms with E-state index in [0.717, 1.165) is 41.7 Å². The molecule has 1 aliphatic rings. The van der Waals surface area contributed by atoms with Gasteiger partial charge in [-0.3, -0.25) is 14.4 Å². The maximum Gasteiger partial charge on any atom is 0.280 e. The van der Waals surface area contributed by atoms with Crippen molar-refractivity contribution < 1.29 is 19.1 Å². The van der Waals surface area contributed by atoms with E-state index in [9.17, 15) is 14.4 Å². The van der Waals surface area contributed by atoms with Crippen LogP contribution in [-0.2, 0) is 23.1 Å². The highest BCUT2D eigenvalue weighted by molar-refractivity contribution is 7.17. The minimum Gasteiger partial charge on any atom is -0.481 e. The van der Waals surface area contributed by atoms with Crippen molar-refractivity contribution in [3.8, 4) is 5.75 Å². The molecule has 0 saturated heterocycles. The summed E-state index contributed by atoms with van der Waals surface area (Å²) in [4.78, 5) is 38.5. The van der Waals surface area contributed by atoms with Gasteiger partial charge < -0.3 is 15.8 Å². The molecule has 1 heterocycles. The maximum atomic E-state index is 12.9. The van der Waals surface area contributed by atoms with Crippen LogP contribution in [0.25, 0.3) is 0 Å². The number of ether oxygens (including phenoxy) is 1. The maximum absolute atomic E-state index is 12.9. The highest BCUT2D eigenvalue weighted by atomic mass is 32.1. The number of rotatable bonds is 8. The molecule has 0 radical (unpaired) electrons. The molecule has 0 bridgehead atoms. The van der Waals surface area contributed by atoms with E-state index in [-0.39, 0.29) is 11.3 Å². The molecule has 1 aliphatic carbocycles. The van der Waals surface area contributed by atoms with Crippen LogP contribution >= 0.6 is 11.3 Å². The normalized spacial score (nSPS) is 13.9. The Morgan fingerprint density at radius 3 is 2.33 bits per heavy atom. The van der Waals surface area contributed by atoms with Crippen LogP contribution in [0.5, 0.6) is 5.75 Å². The van der Waals surface area contributed by atoms with Gasteiger partial charge in [-0.25, -0.2) is 5.43 Å². The number of benzene rings is 2. The fourth-order valence-electron chi connectivity index (χ4n) is 4.36. The Hall–Kier alpha value is -3.98. The molecule has 0 spiro atoms. The summed E-state index contributed by atoms with van der Waals surface area (Å²) in [5.41, 5.74) is 12.1. The Balaban J connectivity index is 1.32. The number of carbonyl (C=O) groups excluding carboxylic acids is 3. The summed E-state index contributed by atoms with van der Waals surface area (Å²) >= 11 is 1.42. The van der Waals surface area contributed by atoms with Crippen molar-refractivity contribution in [1.82, 2.24) is 5.43 Å². The van der Waals surface area contributed by atoms with Gasteiger partial charge in [0.15, 0.2) is 6.10 Å². The summed E-state index contributed by atoms with van der Waals surface area (Å²) in [7, 11) is 0. The molecule has 3 amide bonds. The van der Waals surface area contributed by atoms with E-state index >= 15 is 0 Å². The Kier molecular flexibility index (Phi) is 8.50. The molecule has 8 nitrogen and oxygen atoms in total. The fraction of sp³-hybridized carbons (Fsp3) is 0.333. The van der Waals surface area contributed by atoms with Gasteiger partial charge in [0.05, 0.1) is 11.8 Å². The zero-order chi connectivity index (χ0) is 28.2. The van der Waals surface area contributed by atoms with Gasteiger partial charge in [-0.05, 0) is 79.0 Å². The zero-order valence-electron chi connectivity index (χ0n) is 22.7. The quantitative estimate of drug-likeness (QED) is 0.266. The molecule has 4 rings (SSSR count). The first-order valence-corrected chi connectivity index (χ1v) is 13.8. The van der Waals surface area contributed by atoms with Crippen molar-refractivity contribution >= 4 is 40.3 Å². The monoisotopic (exact) mass is 546 g/mol. The minimum atomic E-state index is -0.805. The average Bonchev–Trinajstić information content (AvgIpc) is 3.26. The third kappa shape index (κ3) is 6.92. The predicted octanol–water partition coefficient (Wildman–Crippen LogP) is 5.19. The summed E-state index contributed by atoms with van der Waals surface area (Å²) < 4.78 is 5.71. The van der Waals surface area contributed by atoms with Crippen molar-refractivity contribution in [3.05, 3.63) is 81.2 Å². The number of thiophene rings is 1. The van der Waals surface area contributed by atoms with Crippen LogP contribution in [0.15, 0.2) is 53.6 Å². The van der Waals surface area contributed by atoms with Crippen molar-refractivity contribution in [2.75, 3.05) is 5.32 Å². The summed E-state index contributed by atoms with van der Waals surface area (Å²) in [6.45, 7) is 8.07. The third-order valence-electron chi connectivity index (χ3n) is 6.61. The van der Waals surface area contributed by atoms with Crippen molar-refractivity contribution in [1.29, 1.82) is 0 Å². The Bertz CT molecular complexity index is 1390. The molecule has 39 heavy (non-hydrogen) atoms. The van der Waals surface area contributed by atoms with Crippen LogP contribution in [0.4, 0.5) is 5.00 Å². The van der Waals surface area contributed by atoms with Crippen molar-refractivity contribution in [2.45, 2.75) is 64.9 Å². The Labute approximate surface area is 232 Å². The molecule has 3 aromatic rings. The lowest BCUT2D eigenvalue weighted by molar-refractivity contribution is -0.127. The molecule has 0 saturated carbocycles. The second-order valence-electron chi connectivity index (χ2n) is 10.6. The molecular weight excluding hydrogens is 512 g/mol. The molecule has 1 unspecified atom stereocenters. The molecule has 1 aromatic heterocycles. The lowest BCUT2D eigenvalue weighted by Gasteiger charge is -2.18. The number of nitrogens with zero attached hydrogens (tertiary/aromatic N) is 1. The van der Waals surface area contributed by atoms with Gasteiger partial charge in [-0.2, -0.15) is 5.10 Å². The van der Waals surface area contributed by atoms with Gasteiger partial charge in [-0.1, -0.05) is 45.0 Å². The van der Waals surface area contributed by atoms with Crippen molar-refractivity contribution in [2.24, 2.45) is 10.8 Å². The number of aryl methyl sites for hydroxylation is 1. The van der Waals surface area contributed by atoms with E-state index in [1.807, 2.05) is 24.3 Å². The number of fused-ring (bicyclic) bond motifs is 1. The van der Waals surface area contributed by atoms with Crippen LogP contribution in [0.1, 0.15) is 82.8 Å². The van der Waals surface area contributed by atoms with Crippen LogP contribution in [0.2, 0.25) is 0 Å². The third-order valence-corrected chi connectivity index (χ3v) is 7.82. The van der Waals surface area contributed by atoms with Gasteiger partial charge >= 0.3 is 0 Å². The molecular formula is C30H34N4O4S. The van der Waals surface area contributed by atoms with E-state index in [0.29, 0.717) is 21.9 Å². The number of hydrazone groups is 1. The van der Waals surface area contributed by atoms with Gasteiger partial charge in [0.1, 0.15) is 10.8 Å². The number of nitrogens with one attached hydrogen (secondary N) is 2. The summed E-state index contributed by atoms with van der Waals surface area (Å²) in [5.74, 6) is -0.845. The molecule has 2 aromatic carbocycles. The van der Waals surface area contributed by atoms with Gasteiger partial charge in [0.2, 0.25) is 0 Å². The first-order valence-electron chi connectivity index (χ1n) is 13.0. The number of primary amides is 1. The Morgan fingerprint density at radius 2 is 1.69 bits per heavy atom. The highest BCUT2D eigenvalue weighted by Crippen LogP contribution is 2.38. The summed E-state index contributed by atoms with van der Waals surface area (Å²) in [6.07, 6.45) is 4.54. The van der Waals surface area contributed by atoms with Crippen LogP contribution < -0.4 is 21.2 Å². The lowest BCUT2D eigenvalue weighted by Crippen LogP contribution is -2.33. The van der Waals surface area contributed by atoms with Gasteiger partial charge in [-0.15, -0.1) is 11.3 Å². The largest absolute Gasteiger partial charge is 0.481 e. The van der Waals surface area contributed by atoms with E-state index in [4.69, 9.17) is 10.5 Å². The fourth-order valence-corrected chi connectivity index (χ4v) is 5.65. The molecule has 0 fully saturated rings. The van der Waals surface area contributed by atoms with Gasteiger partial charge in [0, 0.05) is 10.4 Å². The number of amides is 3. The molecule has 9 heteroatoms. The first kappa shape index (κ1) is 28.0. The summed E-state index contributed by atoms with van der Waals surface area (Å²) in [5, 5.41) is 7.37. The number of carbonyl (C=O) groups is 3. The predicted molar refractivity (Wildman–Crippen MR) is 155 cm³/mol. The summed E-state index contributed by atoms with van der Waals surface area (Å²) in [6, 6.07) is 14.4. The molecule has 0 aliphatic heterocycles. The van der Waals surface area contributed by atoms with Crippen LogP contribution in [0, 0.1) is 0 Å². The van der Waals surface area contributed by atoms with Crippen LogP contribution in [0.3, 0.4) is 0 Å². The smallest absolute Gasteiger partial charge is 0.280 e. The van der Waals surface area contributed by atoms with E-state index < -0.39 is 17.9 Å². The van der Waals surface area contributed by atoms with Crippen molar-refractivity contribution in [3.63, 3.8) is 0 Å². The number of nitrogens with two attached hydrogens (primary N) is 1.